The van der Waals surface area contributed by atoms with Crippen molar-refractivity contribution in [3.05, 3.63) is 29.8 Å². The Bertz CT molecular complexity index is 578. The van der Waals surface area contributed by atoms with Gasteiger partial charge in [0.15, 0.2) is 5.96 Å². The lowest BCUT2D eigenvalue weighted by atomic mass is 9.85. The number of aliphatic imine (C=N–C) groups is 1. The smallest absolute Gasteiger partial charge is 0.193 e. The molecule has 1 saturated heterocycles. The Balaban J connectivity index is 1.96. The Morgan fingerprint density at radius 1 is 1.26 bits per heavy atom. The van der Waals surface area contributed by atoms with Gasteiger partial charge in [-0.25, -0.2) is 0 Å². The number of nitrogens with zero attached hydrogens (tertiary/aromatic N) is 2. The third kappa shape index (κ3) is 6.73. The molecule has 1 aliphatic heterocycles. The van der Waals surface area contributed by atoms with Crippen molar-refractivity contribution in [2.24, 2.45) is 10.9 Å². The van der Waals surface area contributed by atoms with Gasteiger partial charge in [-0.3, -0.25) is 4.99 Å². The van der Waals surface area contributed by atoms with Gasteiger partial charge in [0.2, 0.25) is 0 Å². The van der Waals surface area contributed by atoms with E-state index in [0.29, 0.717) is 0 Å². The highest BCUT2D eigenvalue weighted by Gasteiger charge is 2.21. The Morgan fingerprint density at radius 2 is 1.93 bits per heavy atom. The van der Waals surface area contributed by atoms with Crippen LogP contribution in [0.1, 0.15) is 45.6 Å². The van der Waals surface area contributed by atoms with Crippen LogP contribution in [-0.2, 0) is 10.2 Å². The SMILES string of the molecule is CCNC(=NCC(C)(C)c1ccc(OC)cc1)N(C)CCC1CCOCC1. The summed E-state index contributed by atoms with van der Waals surface area (Å²) in [5.41, 5.74) is 1.24. The van der Waals surface area contributed by atoms with E-state index in [1.165, 1.54) is 24.8 Å². The molecule has 5 nitrogen and oxygen atoms in total. The van der Waals surface area contributed by atoms with E-state index in [0.717, 1.165) is 50.5 Å². The van der Waals surface area contributed by atoms with Crippen molar-refractivity contribution >= 4 is 5.96 Å². The third-order valence-electron chi connectivity index (χ3n) is 5.41. The van der Waals surface area contributed by atoms with Gasteiger partial charge in [0.25, 0.3) is 0 Å². The van der Waals surface area contributed by atoms with Gasteiger partial charge in [0.1, 0.15) is 5.75 Å². The summed E-state index contributed by atoms with van der Waals surface area (Å²) in [6.45, 7) is 11.1. The van der Waals surface area contributed by atoms with E-state index >= 15 is 0 Å². The van der Waals surface area contributed by atoms with E-state index in [1.54, 1.807) is 7.11 Å². The van der Waals surface area contributed by atoms with E-state index in [1.807, 2.05) is 12.1 Å². The predicted molar refractivity (Wildman–Crippen MR) is 113 cm³/mol. The molecular weight excluding hydrogens is 338 g/mol. The quantitative estimate of drug-likeness (QED) is 0.556. The first kappa shape index (κ1) is 21.5. The summed E-state index contributed by atoms with van der Waals surface area (Å²) in [4.78, 5) is 7.21. The molecule has 0 atom stereocenters. The minimum absolute atomic E-state index is 0.0332. The van der Waals surface area contributed by atoms with Crippen LogP contribution in [0.4, 0.5) is 0 Å². The van der Waals surface area contributed by atoms with Crippen molar-refractivity contribution in [1.82, 2.24) is 10.2 Å². The standard InChI is InChI=1S/C22H37N3O2/c1-6-23-21(25(4)14-11-18-12-15-27-16-13-18)24-17-22(2,3)19-7-9-20(26-5)10-8-19/h7-10,18H,6,11-17H2,1-5H3,(H,23,24). The van der Waals surface area contributed by atoms with Crippen molar-refractivity contribution < 1.29 is 9.47 Å². The zero-order valence-electron chi connectivity index (χ0n) is 17.8. The molecule has 1 heterocycles. The van der Waals surface area contributed by atoms with Gasteiger partial charge in [-0.05, 0) is 49.8 Å². The Labute approximate surface area is 165 Å². The fraction of sp³-hybridized carbons (Fsp3) is 0.682. The molecule has 0 aliphatic carbocycles. The van der Waals surface area contributed by atoms with E-state index in [2.05, 4.69) is 50.2 Å². The number of hydrogen-bond acceptors (Lipinski definition) is 3. The zero-order chi connectivity index (χ0) is 19.7. The molecule has 0 radical (unpaired) electrons. The molecule has 0 aromatic heterocycles. The number of benzene rings is 1. The summed E-state index contributed by atoms with van der Waals surface area (Å²) in [7, 11) is 3.84. The first-order valence-corrected chi connectivity index (χ1v) is 10.2. The van der Waals surface area contributed by atoms with Crippen LogP contribution in [0.15, 0.2) is 29.3 Å². The van der Waals surface area contributed by atoms with E-state index in [-0.39, 0.29) is 5.41 Å². The van der Waals surface area contributed by atoms with Crippen LogP contribution in [-0.4, -0.2) is 57.9 Å². The zero-order valence-corrected chi connectivity index (χ0v) is 17.8. The predicted octanol–water partition coefficient (Wildman–Crippen LogP) is 3.69. The maximum atomic E-state index is 5.47. The summed E-state index contributed by atoms with van der Waals surface area (Å²) in [6, 6.07) is 8.31. The Kier molecular flexibility index (Phi) is 8.42. The molecular formula is C22H37N3O2. The number of methoxy groups -OCH3 is 1. The average molecular weight is 376 g/mol. The maximum Gasteiger partial charge on any atom is 0.193 e. The van der Waals surface area contributed by atoms with E-state index in [9.17, 15) is 0 Å². The lowest BCUT2D eigenvalue weighted by Crippen LogP contribution is -2.41. The monoisotopic (exact) mass is 375 g/mol. The molecule has 0 unspecified atom stereocenters. The van der Waals surface area contributed by atoms with Crippen molar-refractivity contribution in [3.8, 4) is 5.75 Å². The topological polar surface area (TPSA) is 46.1 Å². The number of ether oxygens (including phenoxy) is 2. The lowest BCUT2D eigenvalue weighted by Gasteiger charge is -2.28. The molecule has 2 rings (SSSR count). The molecule has 1 fully saturated rings. The molecule has 0 spiro atoms. The minimum Gasteiger partial charge on any atom is -0.497 e. The second-order valence-corrected chi connectivity index (χ2v) is 8.05. The molecule has 152 valence electrons. The second kappa shape index (κ2) is 10.5. The first-order valence-electron chi connectivity index (χ1n) is 10.2. The van der Waals surface area contributed by atoms with Crippen LogP contribution >= 0.6 is 0 Å². The van der Waals surface area contributed by atoms with Gasteiger partial charge in [-0.15, -0.1) is 0 Å². The highest BCUT2D eigenvalue weighted by atomic mass is 16.5. The molecule has 1 aliphatic rings. The van der Waals surface area contributed by atoms with Crippen LogP contribution in [0.5, 0.6) is 5.75 Å². The maximum absolute atomic E-state index is 5.47. The van der Waals surface area contributed by atoms with Gasteiger partial charge in [-0.2, -0.15) is 0 Å². The Morgan fingerprint density at radius 3 is 2.52 bits per heavy atom. The normalized spacial score (nSPS) is 16.3. The van der Waals surface area contributed by atoms with Crippen molar-refractivity contribution in [3.63, 3.8) is 0 Å². The van der Waals surface area contributed by atoms with Gasteiger partial charge in [0, 0.05) is 38.8 Å². The number of guanidine groups is 1. The molecule has 1 aromatic rings. The van der Waals surface area contributed by atoms with Crippen molar-refractivity contribution in [2.45, 2.75) is 45.4 Å². The highest BCUT2D eigenvalue weighted by Crippen LogP contribution is 2.25. The molecule has 1 N–H and O–H groups in total. The molecule has 1 aromatic carbocycles. The summed E-state index contributed by atoms with van der Waals surface area (Å²) in [5, 5.41) is 3.44. The second-order valence-electron chi connectivity index (χ2n) is 8.05. The fourth-order valence-electron chi connectivity index (χ4n) is 3.39. The first-order chi connectivity index (χ1) is 13.0. The third-order valence-corrected chi connectivity index (χ3v) is 5.41. The van der Waals surface area contributed by atoms with E-state index in [4.69, 9.17) is 14.5 Å². The van der Waals surface area contributed by atoms with Crippen molar-refractivity contribution in [1.29, 1.82) is 0 Å². The van der Waals surface area contributed by atoms with Crippen molar-refractivity contribution in [2.75, 3.05) is 47.0 Å². The minimum atomic E-state index is -0.0332. The van der Waals surface area contributed by atoms with Gasteiger partial charge < -0.3 is 19.7 Å². The van der Waals surface area contributed by atoms with Crippen LogP contribution < -0.4 is 10.1 Å². The largest absolute Gasteiger partial charge is 0.497 e. The summed E-state index contributed by atoms with van der Waals surface area (Å²) in [5.74, 6) is 2.66. The van der Waals surface area contributed by atoms with Gasteiger partial charge in [0.05, 0.1) is 13.7 Å². The molecule has 27 heavy (non-hydrogen) atoms. The molecule has 0 saturated carbocycles. The molecule has 0 amide bonds. The number of hydrogen-bond donors (Lipinski definition) is 1. The van der Waals surface area contributed by atoms with Crippen LogP contribution in [0.25, 0.3) is 0 Å². The molecule has 0 bridgehead atoms. The fourth-order valence-corrected chi connectivity index (χ4v) is 3.39. The number of rotatable bonds is 8. The van der Waals surface area contributed by atoms with Gasteiger partial charge in [-0.1, -0.05) is 26.0 Å². The number of nitrogens with one attached hydrogen (secondary N) is 1. The van der Waals surface area contributed by atoms with Gasteiger partial charge >= 0.3 is 0 Å². The molecule has 5 heteroatoms. The Hall–Kier alpha value is -1.75. The summed E-state index contributed by atoms with van der Waals surface area (Å²) in [6.07, 6.45) is 3.57. The van der Waals surface area contributed by atoms with Crippen LogP contribution in [0.3, 0.4) is 0 Å². The van der Waals surface area contributed by atoms with Crippen LogP contribution in [0, 0.1) is 5.92 Å². The summed E-state index contributed by atoms with van der Waals surface area (Å²) >= 11 is 0. The summed E-state index contributed by atoms with van der Waals surface area (Å²) < 4.78 is 10.7. The van der Waals surface area contributed by atoms with Crippen LogP contribution in [0.2, 0.25) is 0 Å². The highest BCUT2D eigenvalue weighted by molar-refractivity contribution is 5.79. The average Bonchev–Trinajstić information content (AvgIpc) is 2.70. The lowest BCUT2D eigenvalue weighted by molar-refractivity contribution is 0.0625. The van der Waals surface area contributed by atoms with E-state index < -0.39 is 0 Å².